The van der Waals surface area contributed by atoms with E-state index in [-0.39, 0.29) is 25.0 Å². The van der Waals surface area contributed by atoms with Crippen LogP contribution in [-0.4, -0.2) is 35.9 Å². The number of amides is 2. The maximum Gasteiger partial charge on any atom is 0.261 e. The van der Waals surface area contributed by atoms with Crippen LogP contribution in [0.3, 0.4) is 0 Å². The highest BCUT2D eigenvalue weighted by atomic mass is 35.5. The average molecular weight is 445 g/mol. The van der Waals surface area contributed by atoms with Crippen LogP contribution >= 0.6 is 11.6 Å². The summed E-state index contributed by atoms with van der Waals surface area (Å²) >= 11 is 6.34. The van der Waals surface area contributed by atoms with Crippen LogP contribution in [0.5, 0.6) is 5.75 Å². The van der Waals surface area contributed by atoms with Gasteiger partial charge in [-0.25, -0.2) is 0 Å². The smallest absolute Gasteiger partial charge is 0.261 e. The number of rotatable bonds is 10. The van der Waals surface area contributed by atoms with Crippen molar-refractivity contribution in [1.82, 2.24) is 10.2 Å². The van der Waals surface area contributed by atoms with Crippen LogP contribution in [0, 0.1) is 19.8 Å². The van der Waals surface area contributed by atoms with Crippen molar-refractivity contribution < 1.29 is 14.3 Å². The first kappa shape index (κ1) is 24.7. The average Bonchev–Trinajstić information content (AvgIpc) is 2.71. The van der Waals surface area contributed by atoms with Crippen molar-refractivity contribution in [3.8, 4) is 5.75 Å². The number of halogens is 1. The molecule has 31 heavy (non-hydrogen) atoms. The van der Waals surface area contributed by atoms with Gasteiger partial charge in [0.2, 0.25) is 5.91 Å². The summed E-state index contributed by atoms with van der Waals surface area (Å²) in [7, 11) is 0. The predicted molar refractivity (Wildman–Crippen MR) is 125 cm³/mol. The molecule has 0 bridgehead atoms. The SMILES string of the molecule is CCC(C(=O)NCC(C)C)N(Cc1ccccc1Cl)C(=O)COc1cc(C)cc(C)c1. The van der Waals surface area contributed by atoms with Crippen molar-refractivity contribution in [2.45, 2.75) is 53.6 Å². The van der Waals surface area contributed by atoms with Crippen LogP contribution in [0.15, 0.2) is 42.5 Å². The normalized spacial score (nSPS) is 11.8. The van der Waals surface area contributed by atoms with E-state index in [0.29, 0.717) is 29.7 Å². The number of carbonyl (C=O) groups excluding carboxylic acids is 2. The summed E-state index contributed by atoms with van der Waals surface area (Å²) in [5.74, 6) is 0.538. The van der Waals surface area contributed by atoms with Crippen LogP contribution in [0.1, 0.15) is 43.9 Å². The summed E-state index contributed by atoms with van der Waals surface area (Å²) in [6, 6.07) is 12.6. The van der Waals surface area contributed by atoms with Gasteiger partial charge in [-0.1, -0.05) is 56.6 Å². The topological polar surface area (TPSA) is 58.6 Å². The summed E-state index contributed by atoms with van der Waals surface area (Å²) in [5, 5.41) is 3.51. The van der Waals surface area contributed by atoms with Crippen LogP contribution in [0.2, 0.25) is 5.02 Å². The minimum atomic E-state index is -0.606. The summed E-state index contributed by atoms with van der Waals surface area (Å²) in [5.41, 5.74) is 2.92. The van der Waals surface area contributed by atoms with E-state index in [2.05, 4.69) is 5.32 Å². The minimum Gasteiger partial charge on any atom is -0.484 e. The van der Waals surface area contributed by atoms with Gasteiger partial charge >= 0.3 is 0 Å². The summed E-state index contributed by atoms with van der Waals surface area (Å²) in [6.45, 7) is 10.6. The molecule has 0 fully saturated rings. The Balaban J connectivity index is 2.23. The van der Waals surface area contributed by atoms with Crippen molar-refractivity contribution in [2.24, 2.45) is 5.92 Å². The molecule has 6 heteroatoms. The number of aryl methyl sites for hydroxylation is 2. The molecule has 0 spiro atoms. The molecule has 0 saturated heterocycles. The van der Waals surface area contributed by atoms with Crippen LogP contribution in [0.25, 0.3) is 0 Å². The Bertz CT molecular complexity index is 878. The monoisotopic (exact) mass is 444 g/mol. The molecule has 1 unspecified atom stereocenters. The minimum absolute atomic E-state index is 0.151. The number of nitrogens with one attached hydrogen (secondary N) is 1. The summed E-state index contributed by atoms with van der Waals surface area (Å²) < 4.78 is 5.80. The first-order valence-corrected chi connectivity index (χ1v) is 11.1. The second kappa shape index (κ2) is 11.8. The van der Waals surface area contributed by atoms with Crippen LogP contribution < -0.4 is 10.1 Å². The van der Waals surface area contributed by atoms with E-state index < -0.39 is 6.04 Å². The first-order chi connectivity index (χ1) is 14.7. The molecular formula is C25H33ClN2O3. The molecule has 0 heterocycles. The molecule has 2 aromatic carbocycles. The van der Waals surface area contributed by atoms with Gasteiger partial charge in [0.1, 0.15) is 11.8 Å². The molecule has 0 aromatic heterocycles. The van der Waals surface area contributed by atoms with Crippen molar-refractivity contribution in [1.29, 1.82) is 0 Å². The largest absolute Gasteiger partial charge is 0.484 e. The molecule has 0 radical (unpaired) electrons. The van der Waals surface area contributed by atoms with Crippen molar-refractivity contribution in [2.75, 3.05) is 13.2 Å². The van der Waals surface area contributed by atoms with E-state index in [0.717, 1.165) is 16.7 Å². The molecular weight excluding hydrogens is 412 g/mol. The quantitative estimate of drug-likeness (QED) is 0.566. The number of carbonyl (C=O) groups is 2. The number of benzene rings is 2. The lowest BCUT2D eigenvalue weighted by Crippen LogP contribution is -2.50. The maximum atomic E-state index is 13.2. The molecule has 0 aliphatic heterocycles. The molecule has 0 aliphatic carbocycles. The van der Waals surface area contributed by atoms with E-state index in [4.69, 9.17) is 16.3 Å². The fourth-order valence-electron chi connectivity index (χ4n) is 3.40. The van der Waals surface area contributed by atoms with E-state index in [9.17, 15) is 9.59 Å². The Morgan fingerprint density at radius 2 is 1.74 bits per heavy atom. The molecule has 2 aromatic rings. The third kappa shape index (κ3) is 7.59. The molecule has 168 valence electrons. The number of hydrogen-bond acceptors (Lipinski definition) is 3. The van der Waals surface area contributed by atoms with Gasteiger partial charge in [0, 0.05) is 18.1 Å². The molecule has 1 N–H and O–H groups in total. The second-order valence-corrected chi connectivity index (χ2v) is 8.70. The highest BCUT2D eigenvalue weighted by Gasteiger charge is 2.29. The number of hydrogen-bond donors (Lipinski definition) is 1. The van der Waals surface area contributed by atoms with E-state index >= 15 is 0 Å². The first-order valence-electron chi connectivity index (χ1n) is 10.7. The van der Waals surface area contributed by atoms with E-state index in [1.54, 1.807) is 11.0 Å². The number of nitrogens with zero attached hydrogens (tertiary/aromatic N) is 1. The molecule has 0 saturated carbocycles. The zero-order valence-corrected chi connectivity index (χ0v) is 19.8. The molecule has 2 amide bonds. The fraction of sp³-hybridized carbons (Fsp3) is 0.440. The van der Waals surface area contributed by atoms with Gasteiger partial charge in [-0.15, -0.1) is 0 Å². The summed E-state index contributed by atoms with van der Waals surface area (Å²) in [4.78, 5) is 27.7. The highest BCUT2D eigenvalue weighted by Crippen LogP contribution is 2.21. The van der Waals surface area contributed by atoms with Crippen LogP contribution in [-0.2, 0) is 16.1 Å². The van der Waals surface area contributed by atoms with Gasteiger partial charge in [-0.3, -0.25) is 9.59 Å². The Labute approximate surface area is 190 Å². The van der Waals surface area contributed by atoms with Crippen molar-refractivity contribution >= 4 is 23.4 Å². The Morgan fingerprint density at radius 3 is 2.32 bits per heavy atom. The molecule has 5 nitrogen and oxygen atoms in total. The van der Waals surface area contributed by atoms with Gasteiger partial charge in [0.25, 0.3) is 5.91 Å². The zero-order valence-electron chi connectivity index (χ0n) is 19.1. The lowest BCUT2D eigenvalue weighted by atomic mass is 10.1. The number of ether oxygens (including phenoxy) is 1. The van der Waals surface area contributed by atoms with Crippen molar-refractivity contribution in [3.63, 3.8) is 0 Å². The predicted octanol–water partition coefficient (Wildman–Crippen LogP) is 4.92. The maximum absolute atomic E-state index is 13.2. The Morgan fingerprint density at radius 1 is 1.10 bits per heavy atom. The van der Waals surface area contributed by atoms with Gasteiger partial charge in [-0.05, 0) is 61.1 Å². The van der Waals surface area contributed by atoms with E-state index in [1.807, 2.05) is 71.0 Å². The summed E-state index contributed by atoms with van der Waals surface area (Å²) in [6.07, 6.45) is 0.490. The fourth-order valence-corrected chi connectivity index (χ4v) is 3.59. The lowest BCUT2D eigenvalue weighted by Gasteiger charge is -2.31. The van der Waals surface area contributed by atoms with E-state index in [1.165, 1.54) is 0 Å². The lowest BCUT2D eigenvalue weighted by molar-refractivity contribution is -0.143. The Hall–Kier alpha value is -2.53. The second-order valence-electron chi connectivity index (χ2n) is 8.29. The van der Waals surface area contributed by atoms with Gasteiger partial charge in [0.05, 0.1) is 0 Å². The Kier molecular flexibility index (Phi) is 9.38. The molecule has 0 aliphatic rings. The van der Waals surface area contributed by atoms with Gasteiger partial charge in [0.15, 0.2) is 6.61 Å². The third-order valence-corrected chi connectivity index (χ3v) is 5.30. The molecule has 1 atom stereocenters. The van der Waals surface area contributed by atoms with Crippen LogP contribution in [0.4, 0.5) is 0 Å². The molecule has 2 rings (SSSR count). The highest BCUT2D eigenvalue weighted by molar-refractivity contribution is 6.31. The third-order valence-electron chi connectivity index (χ3n) is 4.93. The zero-order chi connectivity index (χ0) is 23.0. The van der Waals surface area contributed by atoms with Gasteiger partial charge < -0.3 is 15.0 Å². The standard InChI is InChI=1S/C25H33ClN2O3/c1-6-23(25(30)27-14-17(2)3)28(15-20-9-7-8-10-22(20)26)24(29)16-31-21-12-18(4)11-19(5)13-21/h7-13,17,23H,6,14-16H2,1-5H3,(H,27,30). The van der Waals surface area contributed by atoms with Crippen molar-refractivity contribution in [3.05, 3.63) is 64.2 Å². The van der Waals surface area contributed by atoms with Gasteiger partial charge in [-0.2, -0.15) is 0 Å².